The zero-order valence-electron chi connectivity index (χ0n) is 12.5. The summed E-state index contributed by atoms with van der Waals surface area (Å²) in [7, 11) is 1.83. The van der Waals surface area contributed by atoms with E-state index < -0.39 is 0 Å². The summed E-state index contributed by atoms with van der Waals surface area (Å²) in [4.78, 5) is 20.5. The van der Waals surface area contributed by atoms with E-state index in [9.17, 15) is 4.79 Å². The average molecular weight is 277 g/mol. The predicted octanol–water partition coefficient (Wildman–Crippen LogP) is 1.72. The maximum Gasteiger partial charge on any atom is 0.242 e. The number of nitrogens with zero attached hydrogens (tertiary/aromatic N) is 2. The van der Waals surface area contributed by atoms with E-state index in [4.69, 9.17) is 0 Å². The number of hydrogen-bond donors (Lipinski definition) is 3. The molecule has 0 aliphatic heterocycles. The van der Waals surface area contributed by atoms with Crippen molar-refractivity contribution in [2.45, 2.75) is 51.6 Å². The molecule has 1 aromatic heterocycles. The predicted molar refractivity (Wildman–Crippen MR) is 79.9 cm³/mol. The summed E-state index contributed by atoms with van der Waals surface area (Å²) < 4.78 is 0. The molecule has 1 saturated carbocycles. The monoisotopic (exact) mass is 277 g/mol. The Bertz CT molecular complexity index is 484. The summed E-state index contributed by atoms with van der Waals surface area (Å²) in [6.45, 7) is 6.02. The van der Waals surface area contributed by atoms with Crippen molar-refractivity contribution >= 4 is 17.5 Å². The van der Waals surface area contributed by atoms with Crippen LogP contribution in [-0.4, -0.2) is 35.0 Å². The molecule has 110 valence electrons. The molecule has 6 nitrogen and oxygen atoms in total. The van der Waals surface area contributed by atoms with Crippen LogP contribution in [0.25, 0.3) is 0 Å². The Hall–Kier alpha value is -1.85. The third-order valence-electron chi connectivity index (χ3n) is 3.37. The van der Waals surface area contributed by atoms with E-state index in [-0.39, 0.29) is 17.9 Å². The molecule has 1 atom stereocenters. The normalized spacial score (nSPS) is 15.8. The van der Waals surface area contributed by atoms with Gasteiger partial charge in [0.25, 0.3) is 0 Å². The quantitative estimate of drug-likeness (QED) is 0.738. The second kappa shape index (κ2) is 6.07. The summed E-state index contributed by atoms with van der Waals surface area (Å²) in [6, 6.07) is 0.0577. The molecule has 1 amide bonds. The Morgan fingerprint density at radius 3 is 2.45 bits per heavy atom. The number of anilines is 2. The van der Waals surface area contributed by atoms with Crippen LogP contribution in [0.4, 0.5) is 11.6 Å². The lowest BCUT2D eigenvalue weighted by Crippen LogP contribution is -2.39. The van der Waals surface area contributed by atoms with Crippen LogP contribution in [0.5, 0.6) is 0 Å². The van der Waals surface area contributed by atoms with E-state index in [1.165, 1.54) is 6.33 Å². The van der Waals surface area contributed by atoms with Crippen molar-refractivity contribution in [3.05, 3.63) is 11.9 Å². The maximum absolute atomic E-state index is 12.0. The second-order valence-electron chi connectivity index (χ2n) is 5.54. The van der Waals surface area contributed by atoms with Gasteiger partial charge in [0.05, 0.1) is 0 Å². The minimum atomic E-state index is -0.312. The fraction of sp³-hybridized carbons (Fsp3) is 0.643. The number of hydrogen-bond acceptors (Lipinski definition) is 5. The first-order valence-corrected chi connectivity index (χ1v) is 7.12. The van der Waals surface area contributed by atoms with E-state index in [1.54, 1.807) is 0 Å². The van der Waals surface area contributed by atoms with Crippen LogP contribution in [0, 0.1) is 0 Å². The van der Waals surface area contributed by atoms with Crippen molar-refractivity contribution in [2.24, 2.45) is 0 Å². The molecule has 2 rings (SSSR count). The van der Waals surface area contributed by atoms with Crippen molar-refractivity contribution in [1.29, 1.82) is 0 Å². The van der Waals surface area contributed by atoms with Crippen LogP contribution in [0.1, 0.15) is 45.1 Å². The van der Waals surface area contributed by atoms with Crippen LogP contribution >= 0.6 is 0 Å². The molecule has 1 aromatic rings. The number of nitrogens with one attached hydrogen (secondary N) is 3. The third-order valence-corrected chi connectivity index (χ3v) is 3.37. The van der Waals surface area contributed by atoms with Gasteiger partial charge in [-0.15, -0.1) is 0 Å². The summed E-state index contributed by atoms with van der Waals surface area (Å²) in [5.74, 6) is 1.80. The highest BCUT2D eigenvalue weighted by molar-refractivity contribution is 5.84. The Balaban J connectivity index is 2.12. The van der Waals surface area contributed by atoms with Gasteiger partial charge in [0.1, 0.15) is 24.0 Å². The summed E-state index contributed by atoms with van der Waals surface area (Å²) >= 11 is 0. The molecule has 0 saturated heterocycles. The average Bonchev–Trinajstić information content (AvgIpc) is 3.21. The third kappa shape index (κ3) is 3.37. The molecule has 1 heterocycles. The molecule has 0 bridgehead atoms. The number of amides is 1. The summed E-state index contributed by atoms with van der Waals surface area (Å²) in [6.07, 6.45) is 3.69. The van der Waals surface area contributed by atoms with E-state index in [1.807, 2.05) is 14.0 Å². The zero-order chi connectivity index (χ0) is 14.7. The Morgan fingerprint density at radius 2 is 1.90 bits per heavy atom. The van der Waals surface area contributed by atoms with E-state index in [2.05, 4.69) is 39.8 Å². The number of carbonyl (C=O) groups excluding carboxylic acids is 1. The first-order chi connectivity index (χ1) is 9.52. The lowest BCUT2D eigenvalue weighted by atomic mass is 10.0. The van der Waals surface area contributed by atoms with Crippen LogP contribution in [0.15, 0.2) is 6.33 Å². The van der Waals surface area contributed by atoms with Gasteiger partial charge in [-0.3, -0.25) is 4.79 Å². The van der Waals surface area contributed by atoms with Crippen molar-refractivity contribution in [3.8, 4) is 0 Å². The lowest BCUT2D eigenvalue weighted by Gasteiger charge is -2.20. The fourth-order valence-corrected chi connectivity index (χ4v) is 2.08. The Kier molecular flexibility index (Phi) is 4.42. The highest BCUT2D eigenvalue weighted by Gasteiger charge is 2.26. The first-order valence-electron chi connectivity index (χ1n) is 7.12. The smallest absolute Gasteiger partial charge is 0.242 e. The molecular weight excluding hydrogens is 254 g/mol. The Labute approximate surface area is 119 Å². The van der Waals surface area contributed by atoms with Gasteiger partial charge in [0, 0.05) is 18.7 Å². The first kappa shape index (κ1) is 14.6. The molecule has 20 heavy (non-hydrogen) atoms. The molecule has 1 unspecified atom stereocenters. The van der Waals surface area contributed by atoms with Crippen molar-refractivity contribution in [1.82, 2.24) is 15.3 Å². The molecule has 0 spiro atoms. The molecule has 3 N–H and O–H groups in total. The molecule has 0 radical (unpaired) electrons. The molecule has 0 aromatic carbocycles. The van der Waals surface area contributed by atoms with E-state index >= 15 is 0 Å². The molecule has 1 aliphatic carbocycles. The van der Waals surface area contributed by atoms with E-state index in [0.717, 1.165) is 30.0 Å². The van der Waals surface area contributed by atoms with Crippen LogP contribution in [-0.2, 0) is 4.79 Å². The van der Waals surface area contributed by atoms with Gasteiger partial charge in [0.15, 0.2) is 0 Å². The second-order valence-corrected chi connectivity index (χ2v) is 5.54. The van der Waals surface area contributed by atoms with Crippen molar-refractivity contribution in [3.63, 3.8) is 0 Å². The van der Waals surface area contributed by atoms with Crippen LogP contribution in [0.2, 0.25) is 0 Å². The standard InChI is InChI=1S/C14H23N5O/c1-8(2)11-12(15-4)16-7-17-13(11)18-9(3)14(20)19-10-5-6-10/h7-10H,5-6H2,1-4H3,(H,19,20)(H2,15,16,17,18). The molecular formula is C14H23N5O. The maximum atomic E-state index is 12.0. The highest BCUT2D eigenvalue weighted by atomic mass is 16.2. The summed E-state index contributed by atoms with van der Waals surface area (Å²) in [5.41, 5.74) is 1.00. The van der Waals surface area contributed by atoms with Gasteiger partial charge in [-0.25, -0.2) is 9.97 Å². The minimum Gasteiger partial charge on any atom is -0.373 e. The fourth-order valence-electron chi connectivity index (χ4n) is 2.08. The van der Waals surface area contributed by atoms with Gasteiger partial charge in [-0.1, -0.05) is 13.8 Å². The number of carbonyl (C=O) groups is 1. The number of rotatable bonds is 6. The van der Waals surface area contributed by atoms with Gasteiger partial charge < -0.3 is 16.0 Å². The zero-order valence-corrected chi connectivity index (χ0v) is 12.5. The van der Waals surface area contributed by atoms with Gasteiger partial charge in [0.2, 0.25) is 5.91 Å². The van der Waals surface area contributed by atoms with Gasteiger partial charge in [-0.05, 0) is 25.7 Å². The topological polar surface area (TPSA) is 78.9 Å². The van der Waals surface area contributed by atoms with Crippen LogP contribution < -0.4 is 16.0 Å². The largest absolute Gasteiger partial charge is 0.373 e. The SMILES string of the molecule is CNc1ncnc(NC(C)C(=O)NC2CC2)c1C(C)C. The molecule has 1 aliphatic rings. The Morgan fingerprint density at radius 1 is 1.25 bits per heavy atom. The summed E-state index contributed by atoms with van der Waals surface area (Å²) in [5, 5.41) is 9.26. The minimum absolute atomic E-state index is 0.0202. The van der Waals surface area contributed by atoms with Crippen molar-refractivity contribution in [2.75, 3.05) is 17.7 Å². The van der Waals surface area contributed by atoms with E-state index in [0.29, 0.717) is 6.04 Å². The number of aromatic nitrogens is 2. The van der Waals surface area contributed by atoms with Gasteiger partial charge in [-0.2, -0.15) is 0 Å². The molecule has 1 fully saturated rings. The lowest BCUT2D eigenvalue weighted by molar-refractivity contribution is -0.121. The van der Waals surface area contributed by atoms with Crippen LogP contribution in [0.3, 0.4) is 0 Å². The van der Waals surface area contributed by atoms with Crippen molar-refractivity contribution < 1.29 is 4.79 Å². The highest BCUT2D eigenvalue weighted by Crippen LogP contribution is 2.28. The van der Waals surface area contributed by atoms with Gasteiger partial charge >= 0.3 is 0 Å². The molecule has 6 heteroatoms.